The number of halogens is 2. The number of hydrogen-bond acceptors (Lipinski definition) is 7. The minimum Gasteiger partial charge on any atom is -0.461 e. The molecule has 4 rings (SSSR count). The van der Waals surface area contributed by atoms with Crippen molar-refractivity contribution in [1.29, 1.82) is 0 Å². The normalized spacial score (nSPS) is 15.1. The number of carbonyl (C=O) groups excluding carboxylic acids is 1. The van der Waals surface area contributed by atoms with Gasteiger partial charge >= 0.3 is 0 Å². The van der Waals surface area contributed by atoms with E-state index in [2.05, 4.69) is 9.97 Å². The molecular formula is C21H20F2N4O4S2. The molecule has 1 fully saturated rings. The summed E-state index contributed by atoms with van der Waals surface area (Å²) in [5.74, 6) is -1.47. The standard InChI is InChI=1S/C21H20F2N4O4S2/c1-13-18(20(32-2)25-19(24-13)16-4-3-11-31-16)21(28)26-7-9-27(10-8-26)33(29,30)17-6-5-14(22)12-15(17)23/h3-6,11-12H,7-10H2,1-2H3. The number of aromatic nitrogens is 2. The van der Waals surface area contributed by atoms with Crippen LogP contribution in [0.2, 0.25) is 0 Å². The van der Waals surface area contributed by atoms with Crippen LogP contribution >= 0.6 is 11.8 Å². The van der Waals surface area contributed by atoms with Gasteiger partial charge in [0.1, 0.15) is 21.6 Å². The van der Waals surface area contributed by atoms with Crippen LogP contribution < -0.4 is 0 Å². The number of hydrogen-bond donors (Lipinski definition) is 0. The fourth-order valence-corrected chi connectivity index (χ4v) is 5.65. The van der Waals surface area contributed by atoms with Gasteiger partial charge in [-0.15, -0.1) is 11.8 Å². The average Bonchev–Trinajstić information content (AvgIpc) is 3.33. The summed E-state index contributed by atoms with van der Waals surface area (Å²) in [5.41, 5.74) is 0.827. The Morgan fingerprint density at radius 3 is 2.45 bits per heavy atom. The van der Waals surface area contributed by atoms with E-state index in [-0.39, 0.29) is 32.1 Å². The molecule has 0 aliphatic carbocycles. The molecule has 174 valence electrons. The number of carbonyl (C=O) groups is 1. The van der Waals surface area contributed by atoms with Gasteiger partial charge in [0.05, 0.1) is 17.5 Å². The summed E-state index contributed by atoms with van der Waals surface area (Å²) in [6, 6.07) is 5.78. The van der Waals surface area contributed by atoms with Crippen LogP contribution in [-0.4, -0.2) is 65.9 Å². The van der Waals surface area contributed by atoms with Crippen molar-refractivity contribution in [3.63, 3.8) is 0 Å². The van der Waals surface area contributed by atoms with Crippen LogP contribution in [0, 0.1) is 18.6 Å². The summed E-state index contributed by atoms with van der Waals surface area (Å²) in [5, 5.41) is 0.488. The van der Waals surface area contributed by atoms with Gasteiger partial charge in [-0.25, -0.2) is 27.2 Å². The van der Waals surface area contributed by atoms with Crippen molar-refractivity contribution in [2.45, 2.75) is 16.8 Å². The number of benzene rings is 1. The fourth-order valence-electron chi connectivity index (χ4n) is 3.57. The lowest BCUT2D eigenvalue weighted by atomic mass is 10.2. The minimum atomic E-state index is -4.16. The Labute approximate surface area is 193 Å². The summed E-state index contributed by atoms with van der Waals surface area (Å²) < 4.78 is 59.3. The molecule has 1 aliphatic rings. The number of rotatable bonds is 5. The minimum absolute atomic E-state index is 0.0239. The first kappa shape index (κ1) is 23.3. The maximum Gasteiger partial charge on any atom is 0.258 e. The highest BCUT2D eigenvalue weighted by Gasteiger charge is 2.33. The molecule has 12 heteroatoms. The summed E-state index contributed by atoms with van der Waals surface area (Å²) in [7, 11) is -4.16. The molecule has 3 heterocycles. The van der Waals surface area contributed by atoms with Crippen molar-refractivity contribution in [2.24, 2.45) is 0 Å². The predicted molar refractivity (Wildman–Crippen MR) is 117 cm³/mol. The molecule has 8 nitrogen and oxygen atoms in total. The summed E-state index contributed by atoms with van der Waals surface area (Å²) >= 11 is 1.30. The molecule has 1 saturated heterocycles. The molecule has 3 aromatic rings. The Kier molecular flexibility index (Phi) is 6.50. The van der Waals surface area contributed by atoms with Crippen molar-refractivity contribution in [3.05, 3.63) is 59.5 Å². The topological polar surface area (TPSA) is 96.6 Å². The van der Waals surface area contributed by atoms with Gasteiger partial charge in [0.2, 0.25) is 10.0 Å². The van der Waals surface area contributed by atoms with Gasteiger partial charge in [0.15, 0.2) is 11.6 Å². The van der Waals surface area contributed by atoms with Crippen LogP contribution in [0.1, 0.15) is 16.1 Å². The zero-order chi connectivity index (χ0) is 23.8. The Morgan fingerprint density at radius 1 is 1.12 bits per heavy atom. The van der Waals surface area contributed by atoms with Crippen LogP contribution in [0.3, 0.4) is 0 Å². The lowest BCUT2D eigenvalue weighted by Gasteiger charge is -2.34. The largest absolute Gasteiger partial charge is 0.461 e. The second-order valence-corrected chi connectivity index (χ2v) is 9.97. The smallest absolute Gasteiger partial charge is 0.258 e. The maximum atomic E-state index is 14.1. The summed E-state index contributed by atoms with van der Waals surface area (Å²) in [4.78, 5) is 23.0. The van der Waals surface area contributed by atoms with E-state index in [1.165, 1.54) is 22.9 Å². The number of thioether (sulfide) groups is 1. The lowest BCUT2D eigenvalue weighted by Crippen LogP contribution is -2.50. The highest BCUT2D eigenvalue weighted by molar-refractivity contribution is 7.98. The van der Waals surface area contributed by atoms with E-state index in [9.17, 15) is 22.0 Å². The SMILES string of the molecule is CSc1nc(-c2ccco2)nc(C)c1C(=O)N1CCN(S(=O)(=O)c2ccc(F)cc2F)CC1. The molecule has 33 heavy (non-hydrogen) atoms. The molecule has 1 aliphatic heterocycles. The third kappa shape index (κ3) is 4.50. The molecule has 0 bridgehead atoms. The molecule has 1 aromatic carbocycles. The fraction of sp³-hybridized carbons (Fsp3) is 0.286. The van der Waals surface area contributed by atoms with Gasteiger partial charge in [0.25, 0.3) is 5.91 Å². The van der Waals surface area contributed by atoms with Gasteiger partial charge < -0.3 is 9.32 Å². The van der Waals surface area contributed by atoms with E-state index in [0.29, 0.717) is 33.9 Å². The van der Waals surface area contributed by atoms with Gasteiger partial charge in [-0.2, -0.15) is 4.31 Å². The van der Waals surface area contributed by atoms with E-state index < -0.39 is 26.6 Å². The predicted octanol–water partition coefficient (Wildman–Crippen LogP) is 3.19. The third-order valence-corrected chi connectivity index (χ3v) is 7.86. The van der Waals surface area contributed by atoms with Gasteiger partial charge in [-0.1, -0.05) is 0 Å². The van der Waals surface area contributed by atoms with E-state index >= 15 is 0 Å². The summed E-state index contributed by atoms with van der Waals surface area (Å²) in [6.07, 6.45) is 3.31. The number of nitrogens with zero attached hydrogens (tertiary/aromatic N) is 4. The molecule has 0 saturated carbocycles. The zero-order valence-electron chi connectivity index (χ0n) is 17.8. The highest BCUT2D eigenvalue weighted by atomic mass is 32.2. The van der Waals surface area contributed by atoms with Gasteiger partial charge in [-0.05, 0) is 37.4 Å². The Bertz CT molecular complexity index is 1290. The molecular weight excluding hydrogens is 474 g/mol. The van der Waals surface area contributed by atoms with E-state index in [0.717, 1.165) is 16.4 Å². The molecule has 0 radical (unpaired) electrons. The van der Waals surface area contributed by atoms with Crippen LogP contribution in [0.4, 0.5) is 8.78 Å². The number of amides is 1. The molecule has 0 N–H and O–H groups in total. The van der Waals surface area contributed by atoms with Crippen LogP contribution in [0.5, 0.6) is 0 Å². The Morgan fingerprint density at radius 2 is 1.85 bits per heavy atom. The number of piperazine rings is 1. The van der Waals surface area contributed by atoms with E-state index in [1.54, 1.807) is 25.3 Å². The molecule has 1 amide bonds. The number of furan rings is 1. The average molecular weight is 495 g/mol. The van der Waals surface area contributed by atoms with Crippen LogP contribution in [0.15, 0.2) is 50.9 Å². The van der Waals surface area contributed by atoms with Crippen molar-refractivity contribution in [2.75, 3.05) is 32.4 Å². The molecule has 0 atom stereocenters. The lowest BCUT2D eigenvalue weighted by molar-refractivity contribution is 0.0692. The van der Waals surface area contributed by atoms with E-state index in [4.69, 9.17) is 4.42 Å². The van der Waals surface area contributed by atoms with Crippen molar-refractivity contribution in [1.82, 2.24) is 19.2 Å². The van der Waals surface area contributed by atoms with Crippen molar-refractivity contribution < 1.29 is 26.4 Å². The number of aryl methyl sites for hydroxylation is 1. The van der Waals surface area contributed by atoms with E-state index in [1.807, 2.05) is 0 Å². The highest BCUT2D eigenvalue weighted by Crippen LogP contribution is 2.27. The maximum absolute atomic E-state index is 14.1. The van der Waals surface area contributed by atoms with Crippen LogP contribution in [-0.2, 0) is 10.0 Å². The van der Waals surface area contributed by atoms with Crippen LogP contribution in [0.25, 0.3) is 11.6 Å². The van der Waals surface area contributed by atoms with Gasteiger partial charge in [-0.3, -0.25) is 4.79 Å². The molecule has 2 aromatic heterocycles. The first-order chi connectivity index (χ1) is 15.7. The molecule has 0 unspecified atom stereocenters. The zero-order valence-corrected chi connectivity index (χ0v) is 19.4. The first-order valence-corrected chi connectivity index (χ1v) is 12.6. The third-order valence-electron chi connectivity index (χ3n) is 5.24. The Hall–Kier alpha value is -2.83. The second kappa shape index (κ2) is 9.20. The van der Waals surface area contributed by atoms with Crippen molar-refractivity contribution >= 4 is 27.7 Å². The number of sulfonamides is 1. The quantitative estimate of drug-likeness (QED) is 0.397. The molecule has 0 spiro atoms. The van der Waals surface area contributed by atoms with Crippen molar-refractivity contribution in [3.8, 4) is 11.6 Å². The first-order valence-electron chi connectivity index (χ1n) is 9.93. The van der Waals surface area contributed by atoms with Gasteiger partial charge in [0, 0.05) is 32.2 Å². The monoisotopic (exact) mass is 494 g/mol. The Balaban J connectivity index is 1.53. The summed E-state index contributed by atoms with van der Waals surface area (Å²) in [6.45, 7) is 1.87. The second-order valence-electron chi connectivity index (χ2n) is 7.27.